The van der Waals surface area contributed by atoms with E-state index in [1.165, 1.54) is 12.4 Å². The van der Waals surface area contributed by atoms with Crippen LogP contribution in [0.25, 0.3) is 0 Å². The molecule has 164 valence electrons. The summed E-state index contributed by atoms with van der Waals surface area (Å²) in [6, 6.07) is 11.3. The monoisotopic (exact) mass is 434 g/mol. The molecule has 0 atom stereocenters. The Bertz CT molecular complexity index is 1100. The minimum absolute atomic E-state index is 0.0884. The highest BCUT2D eigenvalue weighted by molar-refractivity contribution is 6.08. The number of nitrogens with one attached hydrogen (secondary N) is 4. The molecular formula is C22H22N6O4. The number of carbonyl (C=O) groups excluding carboxylic acids is 2. The molecule has 2 aromatic heterocycles. The molecule has 0 spiro atoms. The summed E-state index contributed by atoms with van der Waals surface area (Å²) in [5, 5.41) is 20.0. The van der Waals surface area contributed by atoms with Crippen molar-refractivity contribution in [2.45, 2.75) is 13.3 Å². The number of pyridine rings is 2. The van der Waals surface area contributed by atoms with Crippen LogP contribution in [-0.2, 0) is 11.2 Å². The number of benzene rings is 1. The van der Waals surface area contributed by atoms with Gasteiger partial charge in [0.1, 0.15) is 5.82 Å². The lowest BCUT2D eigenvalue weighted by atomic mass is 10.1. The van der Waals surface area contributed by atoms with Crippen LogP contribution < -0.4 is 21.3 Å². The SMILES string of the molecule is CCNC(=O)Nc1cc(Nc2ccc(CC(=O)O)cc2)c(C(=O)Nc2cccnc2)cn1. The van der Waals surface area contributed by atoms with Crippen LogP contribution in [0.2, 0.25) is 0 Å². The largest absolute Gasteiger partial charge is 0.481 e. The Balaban J connectivity index is 1.87. The molecule has 0 saturated heterocycles. The maximum atomic E-state index is 12.9. The van der Waals surface area contributed by atoms with Crippen LogP contribution in [0.3, 0.4) is 0 Å². The molecule has 32 heavy (non-hydrogen) atoms. The Morgan fingerprint density at radius 2 is 1.78 bits per heavy atom. The molecule has 10 nitrogen and oxygen atoms in total. The smallest absolute Gasteiger partial charge is 0.320 e. The lowest BCUT2D eigenvalue weighted by molar-refractivity contribution is -0.136. The second-order valence-electron chi connectivity index (χ2n) is 6.69. The van der Waals surface area contributed by atoms with E-state index in [1.54, 1.807) is 55.6 Å². The van der Waals surface area contributed by atoms with Crippen molar-refractivity contribution in [3.63, 3.8) is 0 Å². The van der Waals surface area contributed by atoms with Crippen LogP contribution in [0.4, 0.5) is 27.7 Å². The van der Waals surface area contributed by atoms with Gasteiger partial charge in [0.25, 0.3) is 5.91 Å². The summed E-state index contributed by atoms with van der Waals surface area (Å²) in [6.45, 7) is 2.24. The molecule has 0 saturated carbocycles. The average molecular weight is 434 g/mol. The van der Waals surface area contributed by atoms with Gasteiger partial charge in [-0.2, -0.15) is 0 Å². The van der Waals surface area contributed by atoms with E-state index in [0.717, 1.165) is 0 Å². The molecular weight excluding hydrogens is 412 g/mol. The molecule has 1 aromatic carbocycles. The number of nitrogens with zero attached hydrogens (tertiary/aromatic N) is 2. The number of amides is 3. The van der Waals surface area contributed by atoms with Crippen LogP contribution in [0.15, 0.2) is 61.1 Å². The first-order valence-electron chi connectivity index (χ1n) is 9.78. The van der Waals surface area contributed by atoms with Gasteiger partial charge in [-0.05, 0) is 36.8 Å². The number of rotatable bonds is 8. The first-order valence-corrected chi connectivity index (χ1v) is 9.78. The van der Waals surface area contributed by atoms with Gasteiger partial charge in [0, 0.05) is 30.7 Å². The van der Waals surface area contributed by atoms with Gasteiger partial charge in [-0.15, -0.1) is 0 Å². The fraction of sp³-hybridized carbons (Fsp3) is 0.136. The second kappa shape index (κ2) is 10.5. The summed E-state index contributed by atoms with van der Waals surface area (Å²) in [5.74, 6) is -1.09. The number of hydrogen-bond acceptors (Lipinski definition) is 6. The van der Waals surface area contributed by atoms with Gasteiger partial charge in [-0.3, -0.25) is 19.9 Å². The quantitative estimate of drug-likeness (QED) is 0.366. The minimum Gasteiger partial charge on any atom is -0.481 e. The Hall–Kier alpha value is -4.47. The maximum Gasteiger partial charge on any atom is 0.320 e. The van der Waals surface area contributed by atoms with E-state index in [1.807, 2.05) is 0 Å². The van der Waals surface area contributed by atoms with E-state index in [2.05, 4.69) is 31.2 Å². The Morgan fingerprint density at radius 1 is 1.00 bits per heavy atom. The molecule has 0 aliphatic heterocycles. The molecule has 0 fully saturated rings. The molecule has 3 amide bonds. The van der Waals surface area contributed by atoms with Crippen molar-refractivity contribution in [1.82, 2.24) is 15.3 Å². The highest BCUT2D eigenvalue weighted by Crippen LogP contribution is 2.25. The molecule has 2 heterocycles. The summed E-state index contributed by atoms with van der Waals surface area (Å²) in [7, 11) is 0. The number of hydrogen-bond donors (Lipinski definition) is 5. The van der Waals surface area contributed by atoms with E-state index in [-0.39, 0.29) is 17.8 Å². The standard InChI is InChI=1S/C22H22N6O4/c1-2-24-22(32)28-19-11-18(26-15-7-5-14(6-8-15)10-20(29)30)17(13-25-19)21(31)27-16-4-3-9-23-12-16/h3-9,11-13H,2,10H2,1H3,(H,27,31)(H,29,30)(H3,24,25,26,28,32). The zero-order chi connectivity index (χ0) is 22.9. The van der Waals surface area contributed by atoms with Gasteiger partial charge in [0.15, 0.2) is 0 Å². The van der Waals surface area contributed by atoms with E-state index in [9.17, 15) is 14.4 Å². The summed E-state index contributed by atoms with van der Waals surface area (Å²) in [5.41, 5.74) is 2.44. The average Bonchev–Trinajstić information content (AvgIpc) is 2.76. The fourth-order valence-corrected chi connectivity index (χ4v) is 2.80. The number of anilines is 4. The van der Waals surface area contributed by atoms with Crippen LogP contribution in [0, 0.1) is 0 Å². The third-order valence-corrected chi connectivity index (χ3v) is 4.24. The highest BCUT2D eigenvalue weighted by Gasteiger charge is 2.15. The Kier molecular flexibility index (Phi) is 7.31. The van der Waals surface area contributed by atoms with Crippen molar-refractivity contribution < 1.29 is 19.5 Å². The predicted octanol–water partition coefficient (Wildman–Crippen LogP) is 3.24. The molecule has 3 rings (SSSR count). The van der Waals surface area contributed by atoms with E-state index >= 15 is 0 Å². The Labute approximate surface area is 184 Å². The fourth-order valence-electron chi connectivity index (χ4n) is 2.80. The topological polar surface area (TPSA) is 145 Å². The highest BCUT2D eigenvalue weighted by atomic mass is 16.4. The number of aliphatic carboxylic acids is 1. The first-order chi connectivity index (χ1) is 15.4. The van der Waals surface area contributed by atoms with Crippen LogP contribution >= 0.6 is 0 Å². The van der Waals surface area contributed by atoms with Gasteiger partial charge in [-0.25, -0.2) is 9.78 Å². The number of aromatic nitrogens is 2. The summed E-state index contributed by atoms with van der Waals surface area (Å²) in [6.07, 6.45) is 4.38. The predicted molar refractivity (Wildman–Crippen MR) is 120 cm³/mol. The van der Waals surface area contributed by atoms with Gasteiger partial charge >= 0.3 is 12.0 Å². The van der Waals surface area contributed by atoms with Gasteiger partial charge < -0.3 is 21.1 Å². The van der Waals surface area contributed by atoms with E-state index in [0.29, 0.717) is 29.2 Å². The number of urea groups is 1. The van der Waals surface area contributed by atoms with E-state index in [4.69, 9.17) is 5.11 Å². The lowest BCUT2D eigenvalue weighted by Crippen LogP contribution is -2.28. The summed E-state index contributed by atoms with van der Waals surface area (Å²) < 4.78 is 0. The molecule has 0 unspecified atom stereocenters. The molecule has 3 aromatic rings. The number of carboxylic acids is 1. The van der Waals surface area contributed by atoms with E-state index < -0.39 is 17.9 Å². The van der Waals surface area contributed by atoms with Crippen LogP contribution in [0.5, 0.6) is 0 Å². The zero-order valence-electron chi connectivity index (χ0n) is 17.3. The second-order valence-corrected chi connectivity index (χ2v) is 6.69. The van der Waals surface area contributed by atoms with Crippen LogP contribution in [-0.4, -0.2) is 39.5 Å². The third kappa shape index (κ3) is 6.26. The molecule has 0 aliphatic rings. The molecule has 5 N–H and O–H groups in total. The van der Waals surface area contributed by atoms with Crippen molar-refractivity contribution in [1.29, 1.82) is 0 Å². The number of carboxylic acid groups (broad SMARTS) is 1. The van der Waals surface area contributed by atoms with Crippen molar-refractivity contribution in [3.8, 4) is 0 Å². The van der Waals surface area contributed by atoms with Crippen molar-refractivity contribution >= 4 is 40.8 Å². The molecule has 10 heteroatoms. The molecule has 0 bridgehead atoms. The normalized spacial score (nSPS) is 10.2. The molecule has 0 aliphatic carbocycles. The van der Waals surface area contributed by atoms with Crippen molar-refractivity contribution in [2.75, 3.05) is 22.5 Å². The Morgan fingerprint density at radius 3 is 2.44 bits per heavy atom. The first kappa shape index (κ1) is 22.2. The zero-order valence-corrected chi connectivity index (χ0v) is 17.3. The van der Waals surface area contributed by atoms with Crippen molar-refractivity contribution in [2.24, 2.45) is 0 Å². The number of carbonyl (C=O) groups is 3. The third-order valence-electron chi connectivity index (χ3n) is 4.24. The van der Waals surface area contributed by atoms with Gasteiger partial charge in [-0.1, -0.05) is 12.1 Å². The maximum absolute atomic E-state index is 12.9. The lowest BCUT2D eigenvalue weighted by Gasteiger charge is -2.14. The molecule has 0 radical (unpaired) electrons. The van der Waals surface area contributed by atoms with Crippen LogP contribution in [0.1, 0.15) is 22.8 Å². The van der Waals surface area contributed by atoms with Crippen molar-refractivity contribution in [3.05, 3.63) is 72.2 Å². The summed E-state index contributed by atoms with van der Waals surface area (Å²) in [4.78, 5) is 43.7. The van der Waals surface area contributed by atoms with Gasteiger partial charge in [0.05, 0.1) is 29.6 Å². The summed E-state index contributed by atoms with van der Waals surface area (Å²) >= 11 is 0. The minimum atomic E-state index is -0.921. The van der Waals surface area contributed by atoms with Gasteiger partial charge in [0.2, 0.25) is 0 Å².